The first-order chi connectivity index (χ1) is 9.84. The molecule has 0 aromatic heterocycles. The van der Waals surface area contributed by atoms with E-state index in [9.17, 15) is 5.11 Å². The van der Waals surface area contributed by atoms with E-state index in [0.717, 1.165) is 56.6 Å². The summed E-state index contributed by atoms with van der Waals surface area (Å²) in [6, 6.07) is 6.05. The normalized spacial score (nSPS) is 25.4. The Balaban J connectivity index is 1.53. The molecule has 2 atom stereocenters. The van der Waals surface area contributed by atoms with E-state index in [0.29, 0.717) is 6.10 Å². The fraction of sp³-hybridized carbons (Fsp3) is 0.647. The molecule has 0 amide bonds. The Morgan fingerprint density at radius 1 is 1.25 bits per heavy atom. The molecule has 20 heavy (non-hydrogen) atoms. The van der Waals surface area contributed by atoms with Crippen molar-refractivity contribution in [2.45, 2.75) is 57.2 Å². The molecule has 0 spiro atoms. The lowest BCUT2D eigenvalue weighted by Gasteiger charge is -2.23. The molecule has 2 unspecified atom stereocenters. The molecule has 2 aliphatic rings. The molecule has 1 aromatic carbocycles. The molecule has 3 heteroatoms. The van der Waals surface area contributed by atoms with Gasteiger partial charge in [-0.25, -0.2) is 0 Å². The second-order valence-corrected chi connectivity index (χ2v) is 5.86. The lowest BCUT2D eigenvalue weighted by atomic mass is 9.89. The highest BCUT2D eigenvalue weighted by Crippen LogP contribution is 2.35. The van der Waals surface area contributed by atoms with Crippen LogP contribution in [0.5, 0.6) is 5.75 Å². The lowest BCUT2D eigenvalue weighted by Crippen LogP contribution is -2.12. The van der Waals surface area contributed by atoms with Crippen LogP contribution in [0.2, 0.25) is 0 Å². The molecule has 1 saturated heterocycles. The summed E-state index contributed by atoms with van der Waals surface area (Å²) in [5.74, 6) is 0.966. The second kappa shape index (κ2) is 6.59. The van der Waals surface area contributed by atoms with Gasteiger partial charge in [-0.2, -0.15) is 0 Å². The number of aliphatic hydroxyl groups is 1. The summed E-state index contributed by atoms with van der Waals surface area (Å²) in [6.07, 6.45) is 7.62. The Morgan fingerprint density at radius 2 is 2.20 bits per heavy atom. The van der Waals surface area contributed by atoms with Crippen LogP contribution in [-0.4, -0.2) is 24.4 Å². The standard InChI is InChI=1S/C17H24O3/c18-16-9-1-8-15-14(16)7-2-10-17(15)20-12-4-6-13-5-3-11-19-13/h2,7,10,13,16,18H,1,3-6,8-9,11-12H2. The predicted octanol–water partition coefficient (Wildman–Crippen LogP) is 3.39. The van der Waals surface area contributed by atoms with Crippen molar-refractivity contribution >= 4 is 0 Å². The van der Waals surface area contributed by atoms with Crippen LogP contribution in [0.4, 0.5) is 0 Å². The summed E-state index contributed by atoms with van der Waals surface area (Å²) in [6.45, 7) is 1.67. The minimum atomic E-state index is -0.311. The van der Waals surface area contributed by atoms with Gasteiger partial charge in [0, 0.05) is 6.61 Å². The van der Waals surface area contributed by atoms with Crippen molar-refractivity contribution in [3.8, 4) is 5.75 Å². The van der Waals surface area contributed by atoms with Gasteiger partial charge in [0.25, 0.3) is 0 Å². The number of hydrogen-bond acceptors (Lipinski definition) is 3. The molecule has 0 saturated carbocycles. The van der Waals surface area contributed by atoms with Crippen LogP contribution >= 0.6 is 0 Å². The number of ether oxygens (including phenoxy) is 2. The van der Waals surface area contributed by atoms with Gasteiger partial charge in [-0.3, -0.25) is 0 Å². The van der Waals surface area contributed by atoms with Gasteiger partial charge >= 0.3 is 0 Å². The summed E-state index contributed by atoms with van der Waals surface area (Å²) in [5.41, 5.74) is 2.27. The zero-order valence-corrected chi connectivity index (χ0v) is 12.0. The van der Waals surface area contributed by atoms with Crippen molar-refractivity contribution in [1.29, 1.82) is 0 Å². The summed E-state index contributed by atoms with van der Waals surface area (Å²) in [5, 5.41) is 10.0. The monoisotopic (exact) mass is 276 g/mol. The molecule has 3 nitrogen and oxygen atoms in total. The van der Waals surface area contributed by atoms with Crippen molar-refractivity contribution in [2.24, 2.45) is 0 Å². The van der Waals surface area contributed by atoms with Crippen LogP contribution in [0.1, 0.15) is 55.8 Å². The molecule has 1 aliphatic carbocycles. The van der Waals surface area contributed by atoms with Crippen molar-refractivity contribution in [2.75, 3.05) is 13.2 Å². The number of aliphatic hydroxyl groups excluding tert-OH is 1. The van der Waals surface area contributed by atoms with Crippen molar-refractivity contribution in [1.82, 2.24) is 0 Å². The van der Waals surface area contributed by atoms with Crippen LogP contribution in [0.25, 0.3) is 0 Å². The third-order valence-electron chi connectivity index (χ3n) is 4.38. The average Bonchev–Trinajstić information content (AvgIpc) is 2.98. The number of fused-ring (bicyclic) bond motifs is 1. The van der Waals surface area contributed by atoms with Gasteiger partial charge in [0.1, 0.15) is 5.75 Å². The zero-order chi connectivity index (χ0) is 13.8. The van der Waals surface area contributed by atoms with Crippen LogP contribution in [-0.2, 0) is 11.2 Å². The zero-order valence-electron chi connectivity index (χ0n) is 12.0. The first-order valence-corrected chi connectivity index (χ1v) is 7.89. The topological polar surface area (TPSA) is 38.7 Å². The number of rotatable bonds is 5. The van der Waals surface area contributed by atoms with E-state index >= 15 is 0 Å². The van der Waals surface area contributed by atoms with Gasteiger partial charge in [0.15, 0.2) is 0 Å². The fourth-order valence-corrected chi connectivity index (χ4v) is 3.29. The fourth-order valence-electron chi connectivity index (χ4n) is 3.29. The Bertz CT molecular complexity index is 438. The third-order valence-corrected chi connectivity index (χ3v) is 4.38. The summed E-state index contributed by atoms with van der Waals surface area (Å²) in [7, 11) is 0. The van der Waals surface area contributed by atoms with E-state index in [1.54, 1.807) is 0 Å². The molecule has 1 N–H and O–H groups in total. The first-order valence-electron chi connectivity index (χ1n) is 7.89. The molecule has 1 aliphatic heterocycles. The lowest BCUT2D eigenvalue weighted by molar-refractivity contribution is 0.0980. The molecule has 0 radical (unpaired) electrons. The molecule has 1 fully saturated rings. The van der Waals surface area contributed by atoms with Crippen molar-refractivity contribution in [3.63, 3.8) is 0 Å². The Morgan fingerprint density at radius 3 is 3.05 bits per heavy atom. The quantitative estimate of drug-likeness (QED) is 0.838. The van der Waals surface area contributed by atoms with Gasteiger partial charge in [0.05, 0.1) is 18.8 Å². The van der Waals surface area contributed by atoms with E-state index in [2.05, 4.69) is 0 Å². The predicted molar refractivity (Wildman–Crippen MR) is 78.0 cm³/mol. The van der Waals surface area contributed by atoms with Crippen LogP contribution < -0.4 is 4.74 Å². The van der Waals surface area contributed by atoms with Crippen LogP contribution in [0.3, 0.4) is 0 Å². The van der Waals surface area contributed by atoms with Crippen molar-refractivity contribution in [3.05, 3.63) is 29.3 Å². The van der Waals surface area contributed by atoms with Gasteiger partial charge in [-0.15, -0.1) is 0 Å². The van der Waals surface area contributed by atoms with E-state index in [-0.39, 0.29) is 6.10 Å². The van der Waals surface area contributed by atoms with E-state index in [4.69, 9.17) is 9.47 Å². The van der Waals surface area contributed by atoms with Gasteiger partial charge in [0.2, 0.25) is 0 Å². The van der Waals surface area contributed by atoms with Gasteiger partial charge < -0.3 is 14.6 Å². The molecular formula is C17H24O3. The number of benzene rings is 1. The molecular weight excluding hydrogens is 252 g/mol. The summed E-state index contributed by atoms with van der Waals surface area (Å²) >= 11 is 0. The van der Waals surface area contributed by atoms with E-state index < -0.39 is 0 Å². The highest BCUT2D eigenvalue weighted by atomic mass is 16.5. The molecule has 110 valence electrons. The molecule has 0 bridgehead atoms. The highest BCUT2D eigenvalue weighted by Gasteiger charge is 2.21. The Hall–Kier alpha value is -1.06. The Labute approximate surface area is 120 Å². The summed E-state index contributed by atoms with van der Waals surface area (Å²) in [4.78, 5) is 0. The molecule has 1 aromatic rings. The SMILES string of the molecule is OC1CCCc2c(OCCCC3CCCO3)cccc21. The van der Waals surface area contributed by atoms with E-state index in [1.165, 1.54) is 18.4 Å². The van der Waals surface area contributed by atoms with Gasteiger partial charge in [-0.1, -0.05) is 12.1 Å². The average molecular weight is 276 g/mol. The minimum Gasteiger partial charge on any atom is -0.493 e. The van der Waals surface area contributed by atoms with E-state index in [1.807, 2.05) is 18.2 Å². The molecule has 3 rings (SSSR count). The van der Waals surface area contributed by atoms with Crippen LogP contribution in [0, 0.1) is 0 Å². The number of hydrogen-bond donors (Lipinski definition) is 1. The Kier molecular flexibility index (Phi) is 4.58. The third kappa shape index (κ3) is 3.15. The largest absolute Gasteiger partial charge is 0.493 e. The maximum Gasteiger partial charge on any atom is 0.122 e. The maximum atomic E-state index is 10.0. The maximum absolute atomic E-state index is 10.0. The van der Waals surface area contributed by atoms with Crippen molar-refractivity contribution < 1.29 is 14.6 Å². The minimum absolute atomic E-state index is 0.311. The molecule has 1 heterocycles. The first kappa shape index (κ1) is 13.9. The van der Waals surface area contributed by atoms with Crippen LogP contribution in [0.15, 0.2) is 18.2 Å². The summed E-state index contributed by atoms with van der Waals surface area (Å²) < 4.78 is 11.6. The smallest absolute Gasteiger partial charge is 0.122 e. The highest BCUT2D eigenvalue weighted by molar-refractivity contribution is 5.42. The van der Waals surface area contributed by atoms with Gasteiger partial charge in [-0.05, 0) is 62.1 Å². The second-order valence-electron chi connectivity index (χ2n) is 5.86.